The van der Waals surface area contributed by atoms with Gasteiger partial charge in [-0.05, 0) is 55.1 Å². The fourth-order valence-corrected chi connectivity index (χ4v) is 4.13. The van der Waals surface area contributed by atoms with Crippen LogP contribution in [0.25, 0.3) is 10.8 Å². The molecule has 1 aliphatic heterocycles. The minimum Gasteiger partial charge on any atom is -0.303 e. The summed E-state index contributed by atoms with van der Waals surface area (Å²) in [5, 5.41) is 2.52. The van der Waals surface area contributed by atoms with Crippen LogP contribution in [-0.4, -0.2) is 30.3 Å². The predicted molar refractivity (Wildman–Crippen MR) is 90.4 cm³/mol. The molecule has 0 bridgehead atoms. The standard InChI is InChI=1S/C20H23NO/c22-20-16(14-21-12-4-1-5-13-21)9-10-18-17-7-3-2-6-15(17)8-11-19(18)20/h2-3,6-8,11,16H,1,4-5,9-10,12-14H2. The molecule has 1 heterocycles. The molecule has 1 unspecified atom stereocenters. The molecule has 114 valence electrons. The second kappa shape index (κ2) is 5.85. The maximum atomic E-state index is 12.9. The average Bonchev–Trinajstić information content (AvgIpc) is 2.58. The Labute approximate surface area is 132 Å². The number of rotatable bonds is 2. The molecule has 2 aromatic carbocycles. The molecule has 2 aromatic rings. The number of likely N-dealkylation sites (tertiary alicyclic amines) is 1. The van der Waals surface area contributed by atoms with Gasteiger partial charge in [0.05, 0.1) is 0 Å². The molecule has 22 heavy (non-hydrogen) atoms. The van der Waals surface area contributed by atoms with Crippen molar-refractivity contribution in [3.05, 3.63) is 47.5 Å². The van der Waals surface area contributed by atoms with Crippen LogP contribution in [-0.2, 0) is 6.42 Å². The SMILES string of the molecule is O=C1c2ccc3ccccc3c2CCC1CN1CCCCC1. The summed E-state index contributed by atoms with van der Waals surface area (Å²) >= 11 is 0. The van der Waals surface area contributed by atoms with Crippen molar-refractivity contribution in [2.24, 2.45) is 5.92 Å². The van der Waals surface area contributed by atoms with Gasteiger partial charge in [0.15, 0.2) is 5.78 Å². The molecule has 0 N–H and O–H groups in total. The first-order valence-electron chi connectivity index (χ1n) is 8.60. The lowest BCUT2D eigenvalue weighted by Crippen LogP contribution is -2.38. The van der Waals surface area contributed by atoms with Crippen LogP contribution in [0.15, 0.2) is 36.4 Å². The Morgan fingerprint density at radius 1 is 1.00 bits per heavy atom. The van der Waals surface area contributed by atoms with Crippen molar-refractivity contribution in [3.8, 4) is 0 Å². The van der Waals surface area contributed by atoms with Gasteiger partial charge >= 0.3 is 0 Å². The maximum absolute atomic E-state index is 12.9. The third-order valence-corrected chi connectivity index (χ3v) is 5.35. The number of carbonyl (C=O) groups is 1. The third-order valence-electron chi connectivity index (χ3n) is 5.35. The fourth-order valence-electron chi connectivity index (χ4n) is 4.13. The monoisotopic (exact) mass is 293 g/mol. The van der Waals surface area contributed by atoms with Crippen LogP contribution in [0.3, 0.4) is 0 Å². The molecule has 1 atom stereocenters. The molecular weight excluding hydrogens is 270 g/mol. The Kier molecular flexibility index (Phi) is 3.71. The highest BCUT2D eigenvalue weighted by Crippen LogP contribution is 2.32. The number of hydrogen-bond acceptors (Lipinski definition) is 2. The Bertz CT molecular complexity index is 700. The van der Waals surface area contributed by atoms with Gasteiger partial charge in [-0.2, -0.15) is 0 Å². The first-order chi connectivity index (χ1) is 10.8. The summed E-state index contributed by atoms with van der Waals surface area (Å²) in [7, 11) is 0. The molecule has 1 saturated heterocycles. The summed E-state index contributed by atoms with van der Waals surface area (Å²) in [6.45, 7) is 3.31. The normalized spacial score (nSPS) is 22.7. The van der Waals surface area contributed by atoms with Crippen molar-refractivity contribution >= 4 is 16.6 Å². The van der Waals surface area contributed by atoms with E-state index < -0.39 is 0 Å². The van der Waals surface area contributed by atoms with Crippen LogP contribution in [0.2, 0.25) is 0 Å². The molecule has 0 saturated carbocycles. The number of ketones is 1. The number of benzene rings is 2. The van der Waals surface area contributed by atoms with E-state index in [0.29, 0.717) is 5.78 Å². The Morgan fingerprint density at radius 3 is 2.68 bits per heavy atom. The fraction of sp³-hybridized carbons (Fsp3) is 0.450. The van der Waals surface area contributed by atoms with Crippen molar-refractivity contribution in [2.45, 2.75) is 32.1 Å². The van der Waals surface area contributed by atoms with Gasteiger partial charge in [0.2, 0.25) is 0 Å². The van der Waals surface area contributed by atoms with Crippen LogP contribution < -0.4 is 0 Å². The molecule has 1 fully saturated rings. The summed E-state index contributed by atoms with van der Waals surface area (Å²) in [6.07, 6.45) is 5.99. The van der Waals surface area contributed by atoms with E-state index in [9.17, 15) is 4.79 Å². The summed E-state index contributed by atoms with van der Waals surface area (Å²) in [6, 6.07) is 12.6. The Balaban J connectivity index is 1.61. The highest BCUT2D eigenvalue weighted by molar-refractivity contribution is 6.05. The molecule has 4 rings (SSSR count). The number of carbonyl (C=O) groups excluding carboxylic acids is 1. The van der Waals surface area contributed by atoms with Gasteiger partial charge in [-0.25, -0.2) is 0 Å². The van der Waals surface area contributed by atoms with E-state index in [1.54, 1.807) is 0 Å². The second-order valence-corrected chi connectivity index (χ2v) is 6.77. The number of aryl methyl sites for hydroxylation is 1. The van der Waals surface area contributed by atoms with Gasteiger partial charge in [0.25, 0.3) is 0 Å². The van der Waals surface area contributed by atoms with Gasteiger partial charge < -0.3 is 4.90 Å². The van der Waals surface area contributed by atoms with Crippen LogP contribution in [0.4, 0.5) is 0 Å². The van der Waals surface area contributed by atoms with Gasteiger partial charge in [0.1, 0.15) is 0 Å². The molecule has 0 aromatic heterocycles. The number of Topliss-reactive ketones (excluding diaryl/α,β-unsaturated/α-hetero) is 1. The maximum Gasteiger partial charge on any atom is 0.167 e. The van der Waals surface area contributed by atoms with E-state index in [-0.39, 0.29) is 5.92 Å². The summed E-state index contributed by atoms with van der Waals surface area (Å²) in [5.41, 5.74) is 2.25. The predicted octanol–water partition coefficient (Wildman–Crippen LogP) is 4.07. The molecular formula is C20H23NO. The zero-order chi connectivity index (χ0) is 14.9. The molecule has 0 spiro atoms. The van der Waals surface area contributed by atoms with E-state index in [1.807, 2.05) is 0 Å². The van der Waals surface area contributed by atoms with Gasteiger partial charge in [-0.15, -0.1) is 0 Å². The van der Waals surface area contributed by atoms with Crippen molar-refractivity contribution in [3.63, 3.8) is 0 Å². The largest absolute Gasteiger partial charge is 0.303 e. The first-order valence-corrected chi connectivity index (χ1v) is 8.60. The van der Waals surface area contributed by atoms with Crippen molar-refractivity contribution in [2.75, 3.05) is 19.6 Å². The van der Waals surface area contributed by atoms with Crippen molar-refractivity contribution in [1.82, 2.24) is 4.90 Å². The molecule has 2 heteroatoms. The van der Waals surface area contributed by atoms with Gasteiger partial charge in [0, 0.05) is 18.0 Å². The van der Waals surface area contributed by atoms with Crippen LogP contribution in [0.5, 0.6) is 0 Å². The van der Waals surface area contributed by atoms with Crippen LogP contribution in [0.1, 0.15) is 41.6 Å². The van der Waals surface area contributed by atoms with E-state index in [0.717, 1.165) is 24.9 Å². The molecule has 2 nitrogen and oxygen atoms in total. The third kappa shape index (κ3) is 2.46. The zero-order valence-corrected chi connectivity index (χ0v) is 13.1. The number of nitrogens with zero attached hydrogens (tertiary/aromatic N) is 1. The molecule has 0 amide bonds. The highest BCUT2D eigenvalue weighted by Gasteiger charge is 2.30. The second-order valence-electron chi connectivity index (χ2n) is 6.77. The van der Waals surface area contributed by atoms with Crippen molar-refractivity contribution in [1.29, 1.82) is 0 Å². The lowest BCUT2D eigenvalue weighted by molar-refractivity contribution is 0.0846. The Morgan fingerprint density at radius 2 is 1.82 bits per heavy atom. The minimum atomic E-state index is 0.201. The highest BCUT2D eigenvalue weighted by atomic mass is 16.1. The summed E-state index contributed by atoms with van der Waals surface area (Å²) in [4.78, 5) is 15.4. The van der Waals surface area contributed by atoms with Crippen LogP contribution >= 0.6 is 0 Å². The van der Waals surface area contributed by atoms with E-state index in [4.69, 9.17) is 0 Å². The number of fused-ring (bicyclic) bond motifs is 3. The topological polar surface area (TPSA) is 20.3 Å². The number of piperidine rings is 1. The van der Waals surface area contributed by atoms with E-state index in [1.165, 1.54) is 48.7 Å². The average molecular weight is 293 g/mol. The lowest BCUT2D eigenvalue weighted by atomic mass is 9.80. The molecule has 0 radical (unpaired) electrons. The smallest absolute Gasteiger partial charge is 0.167 e. The molecule has 2 aliphatic rings. The summed E-state index contributed by atoms with van der Waals surface area (Å²) in [5.74, 6) is 0.573. The quantitative estimate of drug-likeness (QED) is 0.832. The van der Waals surface area contributed by atoms with Gasteiger partial charge in [-0.3, -0.25) is 4.79 Å². The van der Waals surface area contributed by atoms with Gasteiger partial charge in [-0.1, -0.05) is 42.8 Å². The van der Waals surface area contributed by atoms with E-state index in [2.05, 4.69) is 41.3 Å². The van der Waals surface area contributed by atoms with Crippen molar-refractivity contribution < 1.29 is 4.79 Å². The lowest BCUT2D eigenvalue weighted by Gasteiger charge is -2.32. The van der Waals surface area contributed by atoms with E-state index >= 15 is 0 Å². The summed E-state index contributed by atoms with van der Waals surface area (Å²) < 4.78 is 0. The van der Waals surface area contributed by atoms with Crippen LogP contribution in [0, 0.1) is 5.92 Å². The molecule has 1 aliphatic carbocycles. The number of hydrogen-bond donors (Lipinski definition) is 0. The zero-order valence-electron chi connectivity index (χ0n) is 13.1. The first kappa shape index (κ1) is 14.0. The Hall–Kier alpha value is -1.67. The minimum absolute atomic E-state index is 0.201.